The summed E-state index contributed by atoms with van der Waals surface area (Å²) < 4.78 is -1.37. The van der Waals surface area contributed by atoms with E-state index >= 15 is 0 Å². The molecule has 0 unspecified atom stereocenters. The second kappa shape index (κ2) is 4.10. The fourth-order valence-electron chi connectivity index (χ4n) is 2.26. The Labute approximate surface area is 118 Å². The first-order valence-corrected chi connectivity index (χ1v) is 6.65. The number of nitrogens with zero attached hydrogens (tertiary/aromatic N) is 1. The van der Waals surface area contributed by atoms with Crippen molar-refractivity contribution in [3.8, 4) is 0 Å². The van der Waals surface area contributed by atoms with Crippen LogP contribution in [0, 0.1) is 6.92 Å². The average molecular weight is 316 g/mol. The zero-order valence-corrected chi connectivity index (χ0v) is 11.8. The van der Waals surface area contributed by atoms with Crippen molar-refractivity contribution in [1.82, 2.24) is 4.98 Å². The molecule has 3 rings (SSSR count). The number of hydrogen-bond acceptors (Lipinski definition) is 3. The Bertz CT molecular complexity index is 657. The van der Waals surface area contributed by atoms with Crippen LogP contribution in [0.5, 0.6) is 0 Å². The SMILES string of the molecule is Cc1ccc(C2(Br)C(=O)c3ccccc3C2=O)nc1. The number of halogens is 1. The maximum absolute atomic E-state index is 12.5. The van der Waals surface area contributed by atoms with Crippen molar-refractivity contribution in [3.63, 3.8) is 0 Å². The van der Waals surface area contributed by atoms with E-state index in [9.17, 15) is 9.59 Å². The molecule has 0 atom stereocenters. The van der Waals surface area contributed by atoms with Gasteiger partial charge in [-0.1, -0.05) is 46.3 Å². The number of aromatic nitrogens is 1. The summed E-state index contributed by atoms with van der Waals surface area (Å²) in [4.78, 5) is 29.2. The molecule has 0 fully saturated rings. The molecule has 4 heteroatoms. The highest BCUT2D eigenvalue weighted by atomic mass is 79.9. The van der Waals surface area contributed by atoms with Crippen molar-refractivity contribution in [3.05, 3.63) is 65.0 Å². The molecule has 1 aliphatic carbocycles. The first-order valence-electron chi connectivity index (χ1n) is 5.86. The predicted molar refractivity (Wildman–Crippen MR) is 74.7 cm³/mol. The van der Waals surface area contributed by atoms with Crippen LogP contribution in [0.15, 0.2) is 42.6 Å². The van der Waals surface area contributed by atoms with E-state index < -0.39 is 4.32 Å². The standard InChI is InChI=1S/C15H10BrNO2/c1-9-6-7-12(17-8-9)15(16)13(18)10-4-2-3-5-11(10)14(15)19/h2-8H,1H3. The lowest BCUT2D eigenvalue weighted by Crippen LogP contribution is -2.32. The molecular weight excluding hydrogens is 306 g/mol. The van der Waals surface area contributed by atoms with Gasteiger partial charge in [-0.05, 0) is 18.6 Å². The van der Waals surface area contributed by atoms with Crippen LogP contribution in [-0.2, 0) is 4.32 Å². The number of benzene rings is 1. The van der Waals surface area contributed by atoms with Crippen molar-refractivity contribution >= 4 is 27.5 Å². The maximum Gasteiger partial charge on any atom is 0.194 e. The summed E-state index contributed by atoms with van der Waals surface area (Å²) in [7, 11) is 0. The third kappa shape index (κ3) is 1.60. The number of Topliss-reactive ketones (excluding diaryl/α,β-unsaturated/α-hetero) is 2. The molecule has 19 heavy (non-hydrogen) atoms. The number of carbonyl (C=O) groups is 2. The molecule has 1 aliphatic rings. The summed E-state index contributed by atoms with van der Waals surface area (Å²) in [6.07, 6.45) is 1.65. The Morgan fingerprint density at radius 1 is 1.00 bits per heavy atom. The summed E-state index contributed by atoms with van der Waals surface area (Å²) in [6.45, 7) is 1.91. The van der Waals surface area contributed by atoms with Crippen molar-refractivity contribution in [2.24, 2.45) is 0 Å². The van der Waals surface area contributed by atoms with Crippen LogP contribution >= 0.6 is 15.9 Å². The number of carbonyl (C=O) groups excluding carboxylic acids is 2. The number of hydrogen-bond donors (Lipinski definition) is 0. The lowest BCUT2D eigenvalue weighted by molar-refractivity contribution is 0.0869. The summed E-state index contributed by atoms with van der Waals surface area (Å²) in [5.41, 5.74) is 2.32. The van der Waals surface area contributed by atoms with E-state index in [2.05, 4.69) is 20.9 Å². The second-order valence-corrected chi connectivity index (χ2v) is 5.77. The van der Waals surface area contributed by atoms with Gasteiger partial charge in [0.2, 0.25) is 0 Å². The molecule has 1 aromatic carbocycles. The van der Waals surface area contributed by atoms with Gasteiger partial charge in [0, 0.05) is 17.3 Å². The summed E-state index contributed by atoms with van der Waals surface area (Å²) in [5.74, 6) is -0.492. The van der Waals surface area contributed by atoms with Gasteiger partial charge >= 0.3 is 0 Å². The molecule has 0 amide bonds. The lowest BCUT2D eigenvalue weighted by atomic mass is 9.98. The molecule has 0 saturated heterocycles. The molecule has 94 valence electrons. The number of rotatable bonds is 1. The minimum atomic E-state index is -1.37. The van der Waals surface area contributed by atoms with Gasteiger partial charge in [-0.15, -0.1) is 0 Å². The Morgan fingerprint density at radius 3 is 2.05 bits per heavy atom. The van der Waals surface area contributed by atoms with Gasteiger partial charge in [0.1, 0.15) is 0 Å². The van der Waals surface area contributed by atoms with Gasteiger partial charge in [0.05, 0.1) is 5.69 Å². The zero-order chi connectivity index (χ0) is 13.6. The number of ketones is 2. The molecule has 3 nitrogen and oxygen atoms in total. The first-order chi connectivity index (χ1) is 9.05. The maximum atomic E-state index is 12.5. The molecule has 2 aromatic rings. The Kier molecular flexibility index (Phi) is 2.64. The van der Waals surface area contributed by atoms with Crippen molar-refractivity contribution < 1.29 is 9.59 Å². The van der Waals surface area contributed by atoms with Crippen molar-refractivity contribution in [2.45, 2.75) is 11.2 Å². The Morgan fingerprint density at radius 2 is 1.58 bits per heavy atom. The van der Waals surface area contributed by atoms with Crippen LogP contribution in [0.3, 0.4) is 0 Å². The first kappa shape index (κ1) is 12.2. The molecule has 0 radical (unpaired) electrons. The quantitative estimate of drug-likeness (QED) is 0.600. The Balaban J connectivity index is 2.19. The van der Waals surface area contributed by atoms with Crippen LogP contribution in [0.2, 0.25) is 0 Å². The van der Waals surface area contributed by atoms with Crippen LogP contribution in [0.4, 0.5) is 0 Å². The lowest BCUT2D eigenvalue weighted by Gasteiger charge is -2.17. The molecule has 0 N–H and O–H groups in total. The van der Waals surface area contributed by atoms with Crippen LogP contribution in [0.1, 0.15) is 32.0 Å². The number of aryl methyl sites for hydroxylation is 1. The van der Waals surface area contributed by atoms with E-state index in [0.717, 1.165) is 5.56 Å². The molecule has 0 aliphatic heterocycles. The highest BCUT2D eigenvalue weighted by Gasteiger charge is 2.53. The van der Waals surface area contributed by atoms with Crippen molar-refractivity contribution in [2.75, 3.05) is 0 Å². The predicted octanol–water partition coefficient (Wildman–Crippen LogP) is 3.06. The number of fused-ring (bicyclic) bond motifs is 1. The van der Waals surface area contributed by atoms with E-state index in [-0.39, 0.29) is 11.6 Å². The number of alkyl halides is 1. The Hall–Kier alpha value is -1.81. The summed E-state index contributed by atoms with van der Waals surface area (Å²) in [6, 6.07) is 10.4. The summed E-state index contributed by atoms with van der Waals surface area (Å²) >= 11 is 3.33. The van der Waals surface area contributed by atoms with E-state index in [1.54, 1.807) is 36.5 Å². The number of pyridine rings is 1. The van der Waals surface area contributed by atoms with Crippen LogP contribution in [-0.4, -0.2) is 16.6 Å². The minimum Gasteiger partial charge on any atom is -0.292 e. The van der Waals surface area contributed by atoms with E-state index in [1.165, 1.54) is 0 Å². The van der Waals surface area contributed by atoms with Crippen LogP contribution in [0.25, 0.3) is 0 Å². The van der Waals surface area contributed by atoms with Gasteiger partial charge in [0.15, 0.2) is 15.9 Å². The molecule has 1 aromatic heterocycles. The van der Waals surface area contributed by atoms with Gasteiger partial charge in [-0.3, -0.25) is 14.6 Å². The molecule has 0 saturated carbocycles. The fraction of sp³-hybridized carbons (Fsp3) is 0.133. The highest BCUT2D eigenvalue weighted by Crippen LogP contribution is 2.43. The normalized spacial score (nSPS) is 16.5. The third-order valence-electron chi connectivity index (χ3n) is 3.31. The van der Waals surface area contributed by atoms with E-state index in [1.807, 2.05) is 13.0 Å². The minimum absolute atomic E-state index is 0.246. The van der Waals surface area contributed by atoms with Crippen LogP contribution < -0.4 is 0 Å². The second-order valence-electron chi connectivity index (χ2n) is 4.58. The van der Waals surface area contributed by atoms with Gasteiger partial charge in [0.25, 0.3) is 0 Å². The molecular formula is C15H10BrNO2. The largest absolute Gasteiger partial charge is 0.292 e. The van der Waals surface area contributed by atoms with Gasteiger partial charge in [-0.2, -0.15) is 0 Å². The monoisotopic (exact) mass is 315 g/mol. The fourth-order valence-corrected chi connectivity index (χ4v) is 2.92. The smallest absolute Gasteiger partial charge is 0.194 e. The average Bonchev–Trinajstić information content (AvgIpc) is 2.63. The van der Waals surface area contributed by atoms with E-state index in [4.69, 9.17) is 0 Å². The zero-order valence-electron chi connectivity index (χ0n) is 10.2. The molecule has 1 heterocycles. The van der Waals surface area contributed by atoms with E-state index in [0.29, 0.717) is 16.8 Å². The highest BCUT2D eigenvalue weighted by molar-refractivity contribution is 9.10. The summed E-state index contributed by atoms with van der Waals surface area (Å²) in [5, 5.41) is 0. The molecule has 0 bridgehead atoms. The topological polar surface area (TPSA) is 47.0 Å². The van der Waals surface area contributed by atoms with Gasteiger partial charge < -0.3 is 0 Å². The van der Waals surface area contributed by atoms with Gasteiger partial charge in [-0.25, -0.2) is 0 Å². The molecule has 0 spiro atoms. The van der Waals surface area contributed by atoms with Crippen molar-refractivity contribution in [1.29, 1.82) is 0 Å². The third-order valence-corrected chi connectivity index (χ3v) is 4.43.